The molecule has 0 N–H and O–H groups in total. The highest BCUT2D eigenvalue weighted by molar-refractivity contribution is 6.05. The lowest BCUT2D eigenvalue weighted by Gasteiger charge is -2.15. The zero-order chi connectivity index (χ0) is 12.3. The SMILES string of the molecule is C=CC(=O)c1ccc(C(=O)N2CCCC2)cc1. The molecule has 17 heavy (non-hydrogen) atoms. The highest BCUT2D eigenvalue weighted by atomic mass is 16.2. The van der Waals surface area contributed by atoms with Crippen LogP contribution in [0.1, 0.15) is 33.6 Å². The lowest BCUT2D eigenvalue weighted by Crippen LogP contribution is -2.27. The van der Waals surface area contributed by atoms with Gasteiger partial charge >= 0.3 is 0 Å². The third kappa shape index (κ3) is 2.44. The summed E-state index contributed by atoms with van der Waals surface area (Å²) >= 11 is 0. The van der Waals surface area contributed by atoms with Gasteiger partial charge in [-0.15, -0.1) is 0 Å². The molecule has 0 aromatic heterocycles. The fraction of sp³-hybridized carbons (Fsp3) is 0.286. The van der Waals surface area contributed by atoms with Gasteiger partial charge in [0.2, 0.25) is 0 Å². The van der Waals surface area contributed by atoms with Gasteiger partial charge in [-0.3, -0.25) is 9.59 Å². The van der Waals surface area contributed by atoms with Crippen LogP contribution in [0.4, 0.5) is 0 Å². The van der Waals surface area contributed by atoms with Crippen molar-refractivity contribution in [2.24, 2.45) is 0 Å². The molecular formula is C14H15NO2. The number of carbonyl (C=O) groups excluding carboxylic acids is 2. The molecule has 0 spiro atoms. The van der Waals surface area contributed by atoms with E-state index in [0.717, 1.165) is 25.9 Å². The van der Waals surface area contributed by atoms with Gasteiger partial charge in [0.1, 0.15) is 0 Å². The van der Waals surface area contributed by atoms with Crippen LogP contribution in [0.5, 0.6) is 0 Å². The molecule has 1 aliphatic heterocycles. The second-order valence-corrected chi connectivity index (χ2v) is 4.15. The summed E-state index contributed by atoms with van der Waals surface area (Å²) in [5.74, 6) is -0.0646. The molecule has 1 aromatic rings. The van der Waals surface area contributed by atoms with E-state index in [1.54, 1.807) is 24.3 Å². The molecule has 1 aliphatic rings. The van der Waals surface area contributed by atoms with Gasteiger partial charge in [0.25, 0.3) is 5.91 Å². The molecule has 3 heteroatoms. The molecule has 2 rings (SSSR count). The van der Waals surface area contributed by atoms with Crippen molar-refractivity contribution in [3.05, 3.63) is 48.0 Å². The number of hydrogen-bond donors (Lipinski definition) is 0. The second kappa shape index (κ2) is 4.95. The van der Waals surface area contributed by atoms with Crippen molar-refractivity contribution in [2.75, 3.05) is 13.1 Å². The molecule has 1 fully saturated rings. The van der Waals surface area contributed by atoms with Crippen molar-refractivity contribution in [1.82, 2.24) is 4.90 Å². The first-order valence-corrected chi connectivity index (χ1v) is 5.78. The Morgan fingerprint density at radius 3 is 2.12 bits per heavy atom. The monoisotopic (exact) mass is 229 g/mol. The summed E-state index contributed by atoms with van der Waals surface area (Å²) in [5, 5.41) is 0. The minimum absolute atomic E-state index is 0.0557. The number of allylic oxidation sites excluding steroid dienone is 1. The van der Waals surface area contributed by atoms with Gasteiger partial charge in [-0.2, -0.15) is 0 Å². The van der Waals surface area contributed by atoms with Crippen LogP contribution in [0, 0.1) is 0 Å². The molecule has 1 amide bonds. The second-order valence-electron chi connectivity index (χ2n) is 4.15. The van der Waals surface area contributed by atoms with E-state index in [9.17, 15) is 9.59 Å². The van der Waals surface area contributed by atoms with E-state index >= 15 is 0 Å². The number of hydrogen-bond acceptors (Lipinski definition) is 2. The quantitative estimate of drug-likeness (QED) is 0.589. The van der Waals surface area contributed by atoms with E-state index in [1.165, 1.54) is 6.08 Å². The van der Waals surface area contributed by atoms with E-state index in [4.69, 9.17) is 0 Å². The maximum Gasteiger partial charge on any atom is 0.253 e. The van der Waals surface area contributed by atoms with Crippen molar-refractivity contribution in [3.8, 4) is 0 Å². The molecule has 3 nitrogen and oxygen atoms in total. The first-order valence-electron chi connectivity index (χ1n) is 5.78. The van der Waals surface area contributed by atoms with E-state index in [1.807, 2.05) is 4.90 Å². The molecule has 0 aliphatic carbocycles. The molecule has 0 radical (unpaired) electrons. The minimum atomic E-state index is -0.120. The predicted molar refractivity (Wildman–Crippen MR) is 66.1 cm³/mol. The summed E-state index contributed by atoms with van der Waals surface area (Å²) < 4.78 is 0. The molecule has 88 valence electrons. The first kappa shape index (κ1) is 11.6. The van der Waals surface area contributed by atoms with Crippen LogP contribution in [0.2, 0.25) is 0 Å². The van der Waals surface area contributed by atoms with Gasteiger partial charge < -0.3 is 4.90 Å². The molecule has 0 atom stereocenters. The van der Waals surface area contributed by atoms with Crippen molar-refractivity contribution in [3.63, 3.8) is 0 Å². The molecule has 0 bridgehead atoms. The molecule has 1 heterocycles. The molecule has 1 saturated heterocycles. The number of amides is 1. The van der Waals surface area contributed by atoms with Crippen LogP contribution in [0.25, 0.3) is 0 Å². The van der Waals surface area contributed by atoms with Crippen LogP contribution in [0.3, 0.4) is 0 Å². The Hall–Kier alpha value is -1.90. The Kier molecular flexibility index (Phi) is 3.38. The summed E-state index contributed by atoms with van der Waals surface area (Å²) in [6.45, 7) is 5.11. The lowest BCUT2D eigenvalue weighted by molar-refractivity contribution is 0.0792. The van der Waals surface area contributed by atoms with Crippen molar-refractivity contribution in [2.45, 2.75) is 12.8 Å². The molecule has 1 aromatic carbocycles. The first-order chi connectivity index (χ1) is 8.22. The normalized spacial score (nSPS) is 14.7. The zero-order valence-electron chi connectivity index (χ0n) is 9.69. The van der Waals surface area contributed by atoms with Gasteiger partial charge in [-0.05, 0) is 31.1 Å². The number of rotatable bonds is 3. The van der Waals surface area contributed by atoms with Crippen LogP contribution in [-0.2, 0) is 0 Å². The van der Waals surface area contributed by atoms with Gasteiger partial charge in [0.05, 0.1) is 0 Å². The van der Waals surface area contributed by atoms with E-state index in [-0.39, 0.29) is 11.7 Å². The van der Waals surface area contributed by atoms with E-state index in [2.05, 4.69) is 6.58 Å². The summed E-state index contributed by atoms with van der Waals surface area (Å²) in [6, 6.07) is 6.76. The van der Waals surface area contributed by atoms with E-state index in [0.29, 0.717) is 11.1 Å². The summed E-state index contributed by atoms with van der Waals surface area (Å²) in [7, 11) is 0. The third-order valence-electron chi connectivity index (χ3n) is 3.00. The van der Waals surface area contributed by atoms with Crippen molar-refractivity contribution >= 4 is 11.7 Å². The summed E-state index contributed by atoms with van der Waals surface area (Å²) in [5.41, 5.74) is 1.21. The third-order valence-corrected chi connectivity index (χ3v) is 3.00. The van der Waals surface area contributed by atoms with E-state index < -0.39 is 0 Å². The predicted octanol–water partition coefficient (Wildman–Crippen LogP) is 2.29. The van der Waals surface area contributed by atoms with Crippen LogP contribution >= 0.6 is 0 Å². The topological polar surface area (TPSA) is 37.4 Å². The van der Waals surface area contributed by atoms with Crippen LogP contribution < -0.4 is 0 Å². The van der Waals surface area contributed by atoms with Crippen LogP contribution in [-0.4, -0.2) is 29.7 Å². The van der Waals surface area contributed by atoms with Crippen molar-refractivity contribution < 1.29 is 9.59 Å². The standard InChI is InChI=1S/C14H15NO2/c1-2-13(16)11-5-7-12(8-6-11)14(17)15-9-3-4-10-15/h2,5-8H,1,3-4,9-10H2. The van der Waals surface area contributed by atoms with Gasteiger partial charge in [0.15, 0.2) is 5.78 Å². The summed E-state index contributed by atoms with van der Waals surface area (Å²) in [4.78, 5) is 25.2. The van der Waals surface area contributed by atoms with Crippen LogP contribution in [0.15, 0.2) is 36.9 Å². The van der Waals surface area contributed by atoms with Gasteiger partial charge in [-0.25, -0.2) is 0 Å². The number of nitrogens with zero attached hydrogens (tertiary/aromatic N) is 1. The van der Waals surface area contributed by atoms with Gasteiger partial charge in [-0.1, -0.05) is 18.7 Å². The Balaban J connectivity index is 2.14. The Bertz CT molecular complexity index is 442. The molecule has 0 unspecified atom stereocenters. The Morgan fingerprint density at radius 2 is 1.59 bits per heavy atom. The number of ketones is 1. The largest absolute Gasteiger partial charge is 0.339 e. The number of benzene rings is 1. The smallest absolute Gasteiger partial charge is 0.253 e. The number of likely N-dealkylation sites (tertiary alicyclic amines) is 1. The van der Waals surface area contributed by atoms with Gasteiger partial charge in [0, 0.05) is 24.2 Å². The number of carbonyl (C=O) groups is 2. The lowest BCUT2D eigenvalue weighted by atomic mass is 10.1. The fourth-order valence-corrected chi connectivity index (χ4v) is 2.00. The highest BCUT2D eigenvalue weighted by Crippen LogP contribution is 2.13. The maximum atomic E-state index is 12.0. The highest BCUT2D eigenvalue weighted by Gasteiger charge is 2.19. The molecular weight excluding hydrogens is 214 g/mol. The summed E-state index contributed by atoms with van der Waals surface area (Å²) in [6.07, 6.45) is 3.44. The molecule has 0 saturated carbocycles. The Morgan fingerprint density at radius 1 is 1.06 bits per heavy atom. The fourth-order valence-electron chi connectivity index (χ4n) is 2.00. The average molecular weight is 229 g/mol. The zero-order valence-corrected chi connectivity index (χ0v) is 9.69. The average Bonchev–Trinajstić information content (AvgIpc) is 2.91. The van der Waals surface area contributed by atoms with Crippen molar-refractivity contribution in [1.29, 1.82) is 0 Å². The minimum Gasteiger partial charge on any atom is -0.339 e. The Labute approximate surface area is 101 Å². The maximum absolute atomic E-state index is 12.0.